The molecule has 16 heteroatoms. The number of hydrogen-bond acceptors (Lipinski definition) is 14. The van der Waals surface area contributed by atoms with Gasteiger partial charge in [0.15, 0.2) is 12.6 Å². The van der Waals surface area contributed by atoms with Gasteiger partial charge >= 0.3 is 5.97 Å². The average Bonchev–Trinajstić information content (AvgIpc) is 3.04. The lowest BCUT2D eigenvalue weighted by Crippen LogP contribution is -2.63. The van der Waals surface area contributed by atoms with Crippen LogP contribution >= 0.6 is 0 Å². The zero-order chi connectivity index (χ0) is 32.9. The van der Waals surface area contributed by atoms with Gasteiger partial charge in [0.1, 0.15) is 60.8 Å². The van der Waals surface area contributed by atoms with Gasteiger partial charge in [-0.3, -0.25) is 0 Å². The van der Waals surface area contributed by atoms with Crippen LogP contribution in [0.4, 0.5) is 0 Å². The molecule has 0 aromatic heterocycles. The van der Waals surface area contributed by atoms with Crippen molar-refractivity contribution in [3.63, 3.8) is 0 Å². The highest BCUT2D eigenvalue weighted by Crippen LogP contribution is 2.29. The third-order valence-corrected chi connectivity index (χ3v) is 7.46. The first-order valence-corrected chi connectivity index (χ1v) is 15.2. The van der Waals surface area contributed by atoms with Crippen LogP contribution in [0.2, 0.25) is 0 Å². The van der Waals surface area contributed by atoms with Crippen molar-refractivity contribution >= 4 is 5.97 Å². The number of aliphatic hydroxyl groups is 6. The van der Waals surface area contributed by atoms with Gasteiger partial charge in [-0.05, 0) is 30.5 Å². The smallest absolute Gasteiger partial charge is 0.338 e. The molecule has 45 heavy (non-hydrogen) atoms. The van der Waals surface area contributed by atoms with Gasteiger partial charge in [0.2, 0.25) is 0 Å². The van der Waals surface area contributed by atoms with Gasteiger partial charge in [0, 0.05) is 11.0 Å². The molecular formula is C29H45N3O13. The molecule has 6 N–H and O–H groups in total. The molecule has 0 bridgehead atoms. The molecule has 16 nitrogen and oxygen atoms in total. The van der Waals surface area contributed by atoms with E-state index in [1.807, 2.05) is 0 Å². The Kier molecular flexibility index (Phi) is 15.0. The molecule has 0 unspecified atom stereocenters. The topological polar surface area (TPSA) is 243 Å². The first-order valence-electron chi connectivity index (χ1n) is 15.2. The summed E-state index contributed by atoms with van der Waals surface area (Å²) in [6.45, 7) is 4.07. The molecule has 0 aliphatic carbocycles. The van der Waals surface area contributed by atoms with Gasteiger partial charge in [-0.1, -0.05) is 44.6 Å². The molecular weight excluding hydrogens is 598 g/mol. The van der Waals surface area contributed by atoms with E-state index in [1.165, 1.54) is 12.1 Å². The maximum absolute atomic E-state index is 13.1. The monoisotopic (exact) mass is 643 g/mol. The third kappa shape index (κ3) is 10.4. The highest BCUT2D eigenvalue weighted by Gasteiger charge is 2.50. The minimum atomic E-state index is -1.85. The number of benzene rings is 1. The van der Waals surface area contributed by atoms with Crippen LogP contribution in [0, 0.1) is 0 Å². The number of carbonyl (C=O) groups excluding carboxylic acids is 1. The fourth-order valence-corrected chi connectivity index (χ4v) is 4.78. The van der Waals surface area contributed by atoms with E-state index in [4.69, 9.17) is 34.0 Å². The summed E-state index contributed by atoms with van der Waals surface area (Å²) in [5.74, 6) is 0.0403. The lowest BCUT2D eigenvalue weighted by Gasteiger charge is -2.44. The molecule has 0 radical (unpaired) electrons. The highest BCUT2D eigenvalue weighted by molar-refractivity contribution is 5.90. The molecule has 2 saturated heterocycles. The van der Waals surface area contributed by atoms with Crippen molar-refractivity contribution in [3.05, 3.63) is 34.2 Å². The summed E-state index contributed by atoms with van der Waals surface area (Å²) in [7, 11) is 0. The Balaban J connectivity index is 1.67. The number of nitrogens with zero attached hydrogens (tertiary/aromatic N) is 3. The van der Waals surface area contributed by atoms with E-state index in [2.05, 4.69) is 23.9 Å². The Bertz CT molecular complexity index is 1080. The Morgan fingerprint density at radius 2 is 1.29 bits per heavy atom. The first kappa shape index (κ1) is 36.7. The summed E-state index contributed by atoms with van der Waals surface area (Å²) in [4.78, 5) is 15.6. The Labute approximate surface area is 261 Å². The van der Waals surface area contributed by atoms with E-state index < -0.39 is 80.5 Å². The number of azide groups is 1. The molecule has 2 fully saturated rings. The van der Waals surface area contributed by atoms with Crippen molar-refractivity contribution < 1.29 is 63.9 Å². The van der Waals surface area contributed by atoms with Crippen molar-refractivity contribution in [2.45, 2.75) is 114 Å². The van der Waals surface area contributed by atoms with E-state index in [-0.39, 0.29) is 5.56 Å². The molecule has 0 spiro atoms. The number of aliphatic hydroxyl groups excluding tert-OH is 6. The molecule has 254 valence electrons. The summed E-state index contributed by atoms with van der Waals surface area (Å²) < 4.78 is 33.5. The lowest BCUT2D eigenvalue weighted by atomic mass is 9.98. The van der Waals surface area contributed by atoms with Crippen LogP contribution in [0.1, 0.15) is 62.7 Å². The van der Waals surface area contributed by atoms with Gasteiger partial charge in [0.05, 0.1) is 31.4 Å². The maximum atomic E-state index is 13.1. The lowest BCUT2D eigenvalue weighted by molar-refractivity contribution is -0.374. The van der Waals surface area contributed by atoms with Gasteiger partial charge < -0.3 is 59.1 Å². The zero-order valence-corrected chi connectivity index (χ0v) is 25.5. The van der Waals surface area contributed by atoms with Crippen LogP contribution in [-0.4, -0.2) is 124 Å². The molecule has 2 aliphatic rings. The Morgan fingerprint density at radius 3 is 1.80 bits per heavy atom. The van der Waals surface area contributed by atoms with Crippen LogP contribution in [0.5, 0.6) is 11.5 Å². The van der Waals surface area contributed by atoms with Crippen LogP contribution in [0.25, 0.3) is 10.4 Å². The Morgan fingerprint density at radius 1 is 0.778 bits per heavy atom. The third-order valence-electron chi connectivity index (χ3n) is 7.46. The quantitative estimate of drug-likeness (QED) is 0.0455. The minimum absolute atomic E-state index is 0.115. The van der Waals surface area contributed by atoms with Crippen molar-refractivity contribution in [1.82, 2.24) is 0 Å². The van der Waals surface area contributed by atoms with Gasteiger partial charge in [-0.25, -0.2) is 4.79 Å². The number of esters is 1. The first-order chi connectivity index (χ1) is 21.6. The molecule has 0 amide bonds. The van der Waals surface area contributed by atoms with Crippen LogP contribution < -0.4 is 9.47 Å². The minimum Gasteiger partial charge on any atom is -0.493 e. The number of ether oxygens (including phenoxy) is 6. The molecule has 2 aliphatic heterocycles. The van der Waals surface area contributed by atoms with Gasteiger partial charge in [-0.15, -0.1) is 0 Å². The van der Waals surface area contributed by atoms with Crippen LogP contribution in [0.15, 0.2) is 23.3 Å². The van der Waals surface area contributed by atoms with Crippen LogP contribution in [0.3, 0.4) is 0 Å². The van der Waals surface area contributed by atoms with Crippen molar-refractivity contribution in [3.8, 4) is 11.5 Å². The summed E-state index contributed by atoms with van der Waals surface area (Å²) in [6.07, 6.45) is -11.0. The Hall–Kier alpha value is -2.76. The summed E-state index contributed by atoms with van der Waals surface area (Å²) in [6, 6.07) is 4.70. The molecule has 0 saturated carbocycles. The van der Waals surface area contributed by atoms with Crippen molar-refractivity contribution in [2.24, 2.45) is 5.11 Å². The van der Waals surface area contributed by atoms with Crippen molar-refractivity contribution in [1.29, 1.82) is 0 Å². The van der Waals surface area contributed by atoms with Gasteiger partial charge in [-0.2, -0.15) is 0 Å². The largest absolute Gasteiger partial charge is 0.493 e. The van der Waals surface area contributed by atoms with E-state index >= 15 is 0 Å². The fourth-order valence-electron chi connectivity index (χ4n) is 4.78. The number of rotatable bonds is 17. The number of hydrogen-bond donors (Lipinski definition) is 6. The standard InChI is InChI=1S/C29H45N3O13/c1-3-5-7-9-40-17-11-16(12-18(13-17)41-10-8-6-4-2)27(39)42-15-20-22(34)24(36)26(38)29(44-20)45-28-25(37)23(35)21(33)19(43-28)14-31-32-30/h11-13,19-26,28-29,33-38H,3-10,14-15H2,1-2H3/t19-,20-,21-,22-,23+,24+,25-,26-,28-,29-/m1/s1. The summed E-state index contributed by atoms with van der Waals surface area (Å²) >= 11 is 0. The van der Waals surface area contributed by atoms with Crippen LogP contribution in [-0.2, 0) is 18.9 Å². The molecule has 10 atom stereocenters. The number of unbranched alkanes of at least 4 members (excludes halogenated alkanes) is 4. The summed E-state index contributed by atoms with van der Waals surface area (Å²) in [5.41, 5.74) is 8.68. The average molecular weight is 644 g/mol. The zero-order valence-electron chi connectivity index (χ0n) is 25.5. The number of carbonyl (C=O) groups is 1. The summed E-state index contributed by atoms with van der Waals surface area (Å²) in [5, 5.41) is 65.4. The second-order valence-electron chi connectivity index (χ2n) is 11.0. The maximum Gasteiger partial charge on any atom is 0.338 e. The van der Waals surface area contributed by atoms with Crippen molar-refractivity contribution in [2.75, 3.05) is 26.4 Å². The predicted molar refractivity (Wildman–Crippen MR) is 155 cm³/mol. The predicted octanol–water partition coefficient (Wildman–Crippen LogP) is 0.923. The second-order valence-corrected chi connectivity index (χ2v) is 11.0. The van der Waals surface area contributed by atoms with E-state index in [1.54, 1.807) is 6.07 Å². The normalized spacial score (nSPS) is 31.6. The van der Waals surface area contributed by atoms with E-state index in [9.17, 15) is 35.4 Å². The molecule has 1 aromatic carbocycles. The molecule has 2 heterocycles. The highest BCUT2D eigenvalue weighted by atomic mass is 16.8. The fraction of sp³-hybridized carbons (Fsp3) is 0.759. The SMILES string of the molecule is CCCCCOc1cc(OCCCCC)cc(C(=O)OC[C@H]2O[C@H](O[C@H]3O[C@H](CN=[N+]=[N-])[C@@H](O)[C@H](O)[C@H]3O)[C@H](O)[C@@H](O)[C@@H]2O)c1. The van der Waals surface area contributed by atoms with E-state index in [0.717, 1.165) is 38.5 Å². The van der Waals surface area contributed by atoms with Gasteiger partial charge in [0.25, 0.3) is 0 Å². The second kappa shape index (κ2) is 18.4. The molecule has 3 rings (SSSR count). The molecule has 1 aromatic rings. The van der Waals surface area contributed by atoms with E-state index in [0.29, 0.717) is 24.7 Å².